The second-order valence-electron chi connectivity index (χ2n) is 4.17. The van der Waals surface area contributed by atoms with E-state index in [0.717, 1.165) is 43.0 Å². The predicted octanol–water partition coefficient (Wildman–Crippen LogP) is 2.30. The summed E-state index contributed by atoms with van der Waals surface area (Å²) in [5, 5.41) is 0. The lowest BCUT2D eigenvalue weighted by atomic mass is 10.0. The molecule has 1 fully saturated rings. The van der Waals surface area contributed by atoms with Gasteiger partial charge in [-0.2, -0.15) is 0 Å². The van der Waals surface area contributed by atoms with Crippen molar-refractivity contribution in [3.05, 3.63) is 24.1 Å². The Balaban J connectivity index is 1.97. The van der Waals surface area contributed by atoms with Crippen LogP contribution in [0.25, 0.3) is 11.1 Å². The number of nitrogen functional groups attached to an aromatic ring is 1. The van der Waals surface area contributed by atoms with Crippen LogP contribution in [0.1, 0.15) is 24.7 Å². The molecule has 1 aliphatic rings. The number of nitrogens with two attached hydrogens (primary N) is 1. The number of anilines is 1. The SMILES string of the molecule is Nc1ccc2nc(C3CCOCC3)oc2c1. The average Bonchev–Trinajstić information content (AvgIpc) is 2.73. The maximum atomic E-state index is 5.74. The minimum absolute atomic E-state index is 0.391. The minimum Gasteiger partial charge on any atom is -0.440 e. The Bertz CT molecular complexity index is 501. The fourth-order valence-electron chi connectivity index (χ4n) is 2.08. The molecule has 1 saturated heterocycles. The number of benzene rings is 1. The molecule has 1 aromatic heterocycles. The molecule has 0 spiro atoms. The van der Waals surface area contributed by atoms with Crippen LogP contribution >= 0.6 is 0 Å². The maximum Gasteiger partial charge on any atom is 0.198 e. The van der Waals surface area contributed by atoms with Gasteiger partial charge in [-0.05, 0) is 25.0 Å². The van der Waals surface area contributed by atoms with Gasteiger partial charge < -0.3 is 14.9 Å². The minimum atomic E-state index is 0.391. The van der Waals surface area contributed by atoms with Crippen LogP contribution in [0.2, 0.25) is 0 Å². The molecule has 0 bridgehead atoms. The predicted molar refractivity (Wildman–Crippen MR) is 61.2 cm³/mol. The summed E-state index contributed by atoms with van der Waals surface area (Å²) < 4.78 is 11.1. The van der Waals surface area contributed by atoms with Crippen LogP contribution in [0.5, 0.6) is 0 Å². The molecule has 0 unspecified atom stereocenters. The van der Waals surface area contributed by atoms with Gasteiger partial charge in [0.05, 0.1) is 0 Å². The topological polar surface area (TPSA) is 61.3 Å². The number of hydrogen-bond acceptors (Lipinski definition) is 4. The zero-order valence-electron chi connectivity index (χ0n) is 8.98. The van der Waals surface area contributed by atoms with E-state index in [9.17, 15) is 0 Å². The Labute approximate surface area is 93.4 Å². The lowest BCUT2D eigenvalue weighted by molar-refractivity contribution is 0.0798. The highest BCUT2D eigenvalue weighted by atomic mass is 16.5. The molecule has 16 heavy (non-hydrogen) atoms. The summed E-state index contributed by atoms with van der Waals surface area (Å²) in [4.78, 5) is 4.50. The molecule has 1 aliphatic heterocycles. The van der Waals surface area contributed by atoms with Gasteiger partial charge in [0.15, 0.2) is 11.5 Å². The number of hydrogen-bond donors (Lipinski definition) is 1. The van der Waals surface area contributed by atoms with Crippen LogP contribution in [-0.4, -0.2) is 18.2 Å². The molecule has 0 radical (unpaired) electrons. The van der Waals surface area contributed by atoms with Gasteiger partial charge in [-0.1, -0.05) is 0 Å². The second-order valence-corrected chi connectivity index (χ2v) is 4.17. The van der Waals surface area contributed by atoms with Crippen molar-refractivity contribution in [2.75, 3.05) is 18.9 Å². The first kappa shape index (κ1) is 9.66. The number of oxazole rings is 1. The van der Waals surface area contributed by atoms with Crippen molar-refractivity contribution >= 4 is 16.8 Å². The molecule has 2 aromatic rings. The molecule has 4 nitrogen and oxygen atoms in total. The van der Waals surface area contributed by atoms with E-state index < -0.39 is 0 Å². The number of rotatable bonds is 1. The molecule has 2 N–H and O–H groups in total. The molecule has 3 rings (SSSR count). The summed E-state index contributed by atoms with van der Waals surface area (Å²) in [6, 6.07) is 5.57. The largest absolute Gasteiger partial charge is 0.440 e. The molecule has 0 saturated carbocycles. The van der Waals surface area contributed by atoms with Crippen LogP contribution in [0.3, 0.4) is 0 Å². The average molecular weight is 218 g/mol. The number of fused-ring (bicyclic) bond motifs is 1. The summed E-state index contributed by atoms with van der Waals surface area (Å²) in [6.45, 7) is 1.59. The standard InChI is InChI=1S/C12H14N2O2/c13-9-1-2-10-11(7-9)16-12(14-10)8-3-5-15-6-4-8/h1-2,7-8H,3-6,13H2. The molecule has 4 heteroatoms. The van der Waals surface area contributed by atoms with E-state index in [1.807, 2.05) is 18.2 Å². The van der Waals surface area contributed by atoms with E-state index in [1.54, 1.807) is 0 Å². The third-order valence-electron chi connectivity index (χ3n) is 3.00. The van der Waals surface area contributed by atoms with E-state index in [-0.39, 0.29) is 0 Å². The van der Waals surface area contributed by atoms with E-state index in [1.165, 1.54) is 0 Å². The first-order valence-electron chi connectivity index (χ1n) is 5.56. The van der Waals surface area contributed by atoms with Crippen molar-refractivity contribution in [1.29, 1.82) is 0 Å². The van der Waals surface area contributed by atoms with Gasteiger partial charge in [-0.25, -0.2) is 4.98 Å². The highest BCUT2D eigenvalue weighted by Gasteiger charge is 2.21. The van der Waals surface area contributed by atoms with Gasteiger partial charge in [0, 0.05) is 30.9 Å². The van der Waals surface area contributed by atoms with Gasteiger partial charge in [0.2, 0.25) is 0 Å². The molecule has 1 aromatic carbocycles. The fraction of sp³-hybridized carbons (Fsp3) is 0.417. The van der Waals surface area contributed by atoms with Crippen LogP contribution in [0.4, 0.5) is 5.69 Å². The van der Waals surface area contributed by atoms with Gasteiger partial charge >= 0.3 is 0 Å². The van der Waals surface area contributed by atoms with E-state index in [4.69, 9.17) is 14.9 Å². The van der Waals surface area contributed by atoms with Gasteiger partial charge in [0.25, 0.3) is 0 Å². The molecule has 0 amide bonds. The third kappa shape index (κ3) is 1.65. The summed E-state index contributed by atoms with van der Waals surface area (Å²) in [5.41, 5.74) is 8.08. The van der Waals surface area contributed by atoms with Crippen molar-refractivity contribution in [1.82, 2.24) is 4.98 Å². The quantitative estimate of drug-likeness (QED) is 0.746. The number of aromatic nitrogens is 1. The van der Waals surface area contributed by atoms with E-state index in [2.05, 4.69) is 4.98 Å². The fourth-order valence-corrected chi connectivity index (χ4v) is 2.08. The molecular weight excluding hydrogens is 204 g/mol. The maximum absolute atomic E-state index is 5.74. The monoisotopic (exact) mass is 218 g/mol. The molecule has 0 atom stereocenters. The van der Waals surface area contributed by atoms with Crippen LogP contribution in [0, 0.1) is 0 Å². The van der Waals surface area contributed by atoms with Gasteiger partial charge in [-0.3, -0.25) is 0 Å². The zero-order valence-corrected chi connectivity index (χ0v) is 8.98. The van der Waals surface area contributed by atoms with Crippen molar-refractivity contribution in [3.63, 3.8) is 0 Å². The van der Waals surface area contributed by atoms with Crippen molar-refractivity contribution in [2.24, 2.45) is 0 Å². The van der Waals surface area contributed by atoms with E-state index >= 15 is 0 Å². The second kappa shape index (κ2) is 3.79. The molecular formula is C12H14N2O2. The van der Waals surface area contributed by atoms with Gasteiger partial charge in [-0.15, -0.1) is 0 Å². The first-order valence-corrected chi connectivity index (χ1v) is 5.56. The number of ether oxygens (including phenoxy) is 1. The van der Waals surface area contributed by atoms with Crippen LogP contribution < -0.4 is 5.73 Å². The lowest BCUT2D eigenvalue weighted by Gasteiger charge is -2.18. The molecule has 84 valence electrons. The normalized spacial score (nSPS) is 18.0. The number of nitrogens with zero attached hydrogens (tertiary/aromatic N) is 1. The Morgan fingerprint density at radius 2 is 2.06 bits per heavy atom. The van der Waals surface area contributed by atoms with Crippen molar-refractivity contribution in [2.45, 2.75) is 18.8 Å². The lowest BCUT2D eigenvalue weighted by Crippen LogP contribution is -2.14. The Kier molecular flexibility index (Phi) is 2.29. The van der Waals surface area contributed by atoms with E-state index in [0.29, 0.717) is 11.6 Å². The Morgan fingerprint density at radius 3 is 2.88 bits per heavy atom. The summed E-state index contributed by atoms with van der Waals surface area (Å²) in [6.07, 6.45) is 1.98. The summed E-state index contributed by atoms with van der Waals surface area (Å²) in [7, 11) is 0. The Morgan fingerprint density at radius 1 is 1.25 bits per heavy atom. The van der Waals surface area contributed by atoms with Crippen molar-refractivity contribution in [3.8, 4) is 0 Å². The molecule has 0 aliphatic carbocycles. The van der Waals surface area contributed by atoms with Gasteiger partial charge in [0.1, 0.15) is 5.52 Å². The molecule has 2 heterocycles. The third-order valence-corrected chi connectivity index (χ3v) is 3.00. The highest BCUT2D eigenvalue weighted by molar-refractivity contribution is 5.76. The highest BCUT2D eigenvalue weighted by Crippen LogP contribution is 2.29. The smallest absolute Gasteiger partial charge is 0.198 e. The van der Waals surface area contributed by atoms with Crippen LogP contribution in [-0.2, 0) is 4.74 Å². The zero-order chi connectivity index (χ0) is 11.0. The first-order chi connectivity index (χ1) is 7.83. The van der Waals surface area contributed by atoms with Crippen LogP contribution in [0.15, 0.2) is 22.6 Å². The summed E-state index contributed by atoms with van der Waals surface area (Å²) in [5.74, 6) is 1.21. The Hall–Kier alpha value is -1.55. The van der Waals surface area contributed by atoms with Crippen molar-refractivity contribution < 1.29 is 9.15 Å². The summed E-state index contributed by atoms with van der Waals surface area (Å²) >= 11 is 0.